The summed E-state index contributed by atoms with van der Waals surface area (Å²) in [6.07, 6.45) is 1.79. The molecule has 0 unspecified atom stereocenters. The Morgan fingerprint density at radius 3 is 2.57 bits per heavy atom. The van der Waals surface area contributed by atoms with Gasteiger partial charge in [-0.3, -0.25) is 0 Å². The van der Waals surface area contributed by atoms with E-state index in [1.54, 1.807) is 6.21 Å². The summed E-state index contributed by atoms with van der Waals surface area (Å²) in [5.41, 5.74) is 4.14. The van der Waals surface area contributed by atoms with Crippen LogP contribution in [0.1, 0.15) is 5.82 Å². The van der Waals surface area contributed by atoms with Gasteiger partial charge in [0.15, 0.2) is 11.0 Å². The number of rotatable bonds is 2. The summed E-state index contributed by atoms with van der Waals surface area (Å²) < 4.78 is 2.07. The molecule has 5 heteroatoms. The lowest BCUT2D eigenvalue weighted by Crippen LogP contribution is -2.31. The zero-order valence-corrected chi connectivity index (χ0v) is 11.5. The molecule has 0 bridgehead atoms. The van der Waals surface area contributed by atoms with Gasteiger partial charge < -0.3 is 4.98 Å². The summed E-state index contributed by atoms with van der Waals surface area (Å²) in [5.74, 6) is 1.53. The van der Waals surface area contributed by atoms with Crippen LogP contribution in [0.2, 0.25) is 0 Å². The van der Waals surface area contributed by atoms with Crippen molar-refractivity contribution in [2.24, 2.45) is 12.0 Å². The van der Waals surface area contributed by atoms with Crippen LogP contribution in [0.15, 0.2) is 53.5 Å². The van der Waals surface area contributed by atoms with Crippen LogP contribution in [-0.4, -0.2) is 21.2 Å². The number of benzene rings is 2. The fraction of sp³-hybridized carbons (Fsp3) is 0.0625. The molecule has 0 aliphatic heterocycles. The van der Waals surface area contributed by atoms with E-state index >= 15 is 0 Å². The predicted octanol–water partition coefficient (Wildman–Crippen LogP) is 2.62. The summed E-state index contributed by atoms with van der Waals surface area (Å²) in [5, 5.41) is 0. The third-order valence-electron chi connectivity index (χ3n) is 3.58. The minimum atomic E-state index is 0.606. The quantitative estimate of drug-likeness (QED) is 0.429. The van der Waals surface area contributed by atoms with Gasteiger partial charge in [-0.1, -0.05) is 24.3 Å². The molecule has 0 fully saturated rings. The monoisotopic (exact) mass is 276 g/mol. The maximum absolute atomic E-state index is 4.43. The van der Waals surface area contributed by atoms with E-state index in [1.807, 2.05) is 49.5 Å². The van der Waals surface area contributed by atoms with Crippen molar-refractivity contribution >= 4 is 34.2 Å². The molecule has 0 spiro atoms. The molecule has 4 rings (SSSR count). The molecule has 2 heterocycles. The highest BCUT2D eigenvalue weighted by Crippen LogP contribution is 2.15. The number of aliphatic imine (C=N–C) groups is 1. The molecule has 0 radical (unpaired) electrons. The summed E-state index contributed by atoms with van der Waals surface area (Å²) >= 11 is 0. The molecule has 102 valence electrons. The van der Waals surface area contributed by atoms with Crippen molar-refractivity contribution in [3.05, 3.63) is 54.4 Å². The maximum Gasteiger partial charge on any atom is 0.298 e. The van der Waals surface area contributed by atoms with Crippen molar-refractivity contribution in [1.82, 2.24) is 15.0 Å². The molecule has 5 nitrogen and oxygen atoms in total. The number of imidazole rings is 2. The highest BCUT2D eigenvalue weighted by Gasteiger charge is 2.12. The highest BCUT2D eigenvalue weighted by molar-refractivity contribution is 5.82. The SMILES string of the molecule is C[n+]1c(C=Nc2nc3ccccc3[nH]2)[nH]c2ccccc21. The number of nitrogens with one attached hydrogen (secondary N) is 2. The number of aromatic amines is 2. The number of hydrogen-bond acceptors (Lipinski definition) is 2. The fourth-order valence-electron chi connectivity index (χ4n) is 2.47. The lowest BCUT2D eigenvalue weighted by atomic mass is 10.3. The smallest absolute Gasteiger partial charge is 0.298 e. The molecule has 2 N–H and O–H groups in total. The zero-order chi connectivity index (χ0) is 14.2. The summed E-state index contributed by atoms with van der Waals surface area (Å²) in [7, 11) is 2.01. The molecule has 4 aromatic rings. The van der Waals surface area contributed by atoms with Gasteiger partial charge in [0.2, 0.25) is 5.95 Å². The van der Waals surface area contributed by atoms with Gasteiger partial charge in [-0.2, -0.15) is 0 Å². The molecule has 21 heavy (non-hydrogen) atoms. The number of fused-ring (bicyclic) bond motifs is 2. The first-order valence-corrected chi connectivity index (χ1v) is 6.77. The van der Waals surface area contributed by atoms with Crippen molar-refractivity contribution < 1.29 is 4.57 Å². The number of nitrogens with zero attached hydrogens (tertiary/aromatic N) is 3. The Bertz CT molecular complexity index is 928. The van der Waals surface area contributed by atoms with Gasteiger partial charge >= 0.3 is 0 Å². The van der Waals surface area contributed by atoms with E-state index in [4.69, 9.17) is 0 Å². The highest BCUT2D eigenvalue weighted by atomic mass is 15.1. The number of aryl methyl sites for hydroxylation is 1. The van der Waals surface area contributed by atoms with Crippen molar-refractivity contribution in [2.45, 2.75) is 0 Å². The first kappa shape index (κ1) is 11.8. The van der Waals surface area contributed by atoms with Crippen LogP contribution in [0.4, 0.5) is 5.95 Å². The largest absolute Gasteiger partial charge is 0.322 e. The number of hydrogen-bond donors (Lipinski definition) is 2. The van der Waals surface area contributed by atoms with Crippen molar-refractivity contribution in [3.8, 4) is 0 Å². The standard InChI is InChI=1S/C16H13N5/c1-21-14-9-5-4-8-13(14)18-15(21)10-17-16-19-11-6-2-3-7-12(11)20-16/h2-10H,1H3,(H,18,19,20)/p+1. The second-order valence-electron chi connectivity index (χ2n) is 4.92. The summed E-state index contributed by atoms with van der Waals surface area (Å²) in [4.78, 5) is 15.4. The Labute approximate surface area is 121 Å². The van der Waals surface area contributed by atoms with Gasteiger partial charge in [-0.25, -0.2) is 19.5 Å². The minimum Gasteiger partial charge on any atom is -0.322 e. The molecular weight excluding hydrogens is 262 g/mol. The Morgan fingerprint density at radius 1 is 1.00 bits per heavy atom. The number of H-pyrrole nitrogens is 2. The van der Waals surface area contributed by atoms with E-state index in [2.05, 4.69) is 30.6 Å². The van der Waals surface area contributed by atoms with Crippen LogP contribution in [0.5, 0.6) is 0 Å². The van der Waals surface area contributed by atoms with Crippen molar-refractivity contribution in [3.63, 3.8) is 0 Å². The van der Waals surface area contributed by atoms with Gasteiger partial charge in [0.25, 0.3) is 5.82 Å². The molecule has 0 amide bonds. The number of para-hydroxylation sites is 4. The van der Waals surface area contributed by atoms with Crippen LogP contribution in [0.3, 0.4) is 0 Å². The fourth-order valence-corrected chi connectivity index (χ4v) is 2.47. The van der Waals surface area contributed by atoms with Gasteiger partial charge in [0, 0.05) is 0 Å². The van der Waals surface area contributed by atoms with E-state index < -0.39 is 0 Å². The molecule has 0 aliphatic carbocycles. The lowest BCUT2D eigenvalue weighted by Gasteiger charge is -1.87. The third-order valence-corrected chi connectivity index (χ3v) is 3.58. The van der Waals surface area contributed by atoms with E-state index in [-0.39, 0.29) is 0 Å². The van der Waals surface area contributed by atoms with E-state index in [1.165, 1.54) is 0 Å². The molecule has 0 saturated carbocycles. The lowest BCUT2D eigenvalue weighted by molar-refractivity contribution is -0.645. The molecule has 0 atom stereocenters. The first-order valence-electron chi connectivity index (χ1n) is 6.77. The normalized spacial score (nSPS) is 11.9. The van der Waals surface area contributed by atoms with Crippen LogP contribution in [0, 0.1) is 0 Å². The van der Waals surface area contributed by atoms with Crippen LogP contribution in [-0.2, 0) is 7.05 Å². The second-order valence-corrected chi connectivity index (χ2v) is 4.92. The van der Waals surface area contributed by atoms with Gasteiger partial charge in [-0.15, -0.1) is 0 Å². The Morgan fingerprint density at radius 2 is 1.76 bits per heavy atom. The van der Waals surface area contributed by atoms with Crippen LogP contribution < -0.4 is 4.57 Å². The summed E-state index contributed by atoms with van der Waals surface area (Å²) in [6, 6.07) is 16.1. The molecular formula is C16H14N5+. The Kier molecular flexibility index (Phi) is 2.57. The predicted molar refractivity (Wildman–Crippen MR) is 82.8 cm³/mol. The second kappa shape index (κ2) is 4.56. The molecule has 2 aromatic carbocycles. The van der Waals surface area contributed by atoms with Gasteiger partial charge in [0.1, 0.15) is 6.21 Å². The summed E-state index contributed by atoms with van der Waals surface area (Å²) in [6.45, 7) is 0. The Balaban J connectivity index is 1.74. The van der Waals surface area contributed by atoms with Gasteiger partial charge in [0.05, 0.1) is 18.1 Å². The van der Waals surface area contributed by atoms with E-state index in [0.29, 0.717) is 5.95 Å². The van der Waals surface area contributed by atoms with E-state index in [9.17, 15) is 0 Å². The topological polar surface area (TPSA) is 60.7 Å². The molecule has 0 aliphatic rings. The minimum absolute atomic E-state index is 0.606. The Hall–Kier alpha value is -2.95. The van der Waals surface area contributed by atoms with Crippen LogP contribution >= 0.6 is 0 Å². The van der Waals surface area contributed by atoms with E-state index in [0.717, 1.165) is 27.9 Å². The number of aromatic nitrogens is 4. The molecule has 2 aromatic heterocycles. The molecule has 0 saturated heterocycles. The first-order chi connectivity index (χ1) is 10.3. The average Bonchev–Trinajstić information content (AvgIpc) is 3.07. The van der Waals surface area contributed by atoms with Crippen molar-refractivity contribution in [1.29, 1.82) is 0 Å². The third kappa shape index (κ3) is 1.99. The van der Waals surface area contributed by atoms with Crippen LogP contribution in [0.25, 0.3) is 22.1 Å². The zero-order valence-electron chi connectivity index (χ0n) is 11.5. The van der Waals surface area contributed by atoms with Gasteiger partial charge in [-0.05, 0) is 24.3 Å². The average molecular weight is 276 g/mol. The van der Waals surface area contributed by atoms with Crippen molar-refractivity contribution in [2.75, 3.05) is 0 Å². The maximum atomic E-state index is 4.43.